The van der Waals surface area contributed by atoms with Crippen LogP contribution in [-0.2, 0) is 11.3 Å². The summed E-state index contributed by atoms with van der Waals surface area (Å²) in [6.45, 7) is 0.974. The maximum atomic E-state index is 10.9. The summed E-state index contributed by atoms with van der Waals surface area (Å²) in [4.78, 5) is 10.5. The number of methoxy groups -OCH3 is 1. The van der Waals surface area contributed by atoms with E-state index in [9.17, 15) is 10.1 Å². The maximum absolute atomic E-state index is 10.9. The van der Waals surface area contributed by atoms with E-state index in [2.05, 4.69) is 0 Å². The molecule has 1 aromatic carbocycles. The van der Waals surface area contributed by atoms with Crippen molar-refractivity contribution >= 4 is 5.69 Å². The Kier molecular flexibility index (Phi) is 5.52. The molecule has 1 aromatic rings. The maximum Gasteiger partial charge on any atom is 0.273 e. The van der Waals surface area contributed by atoms with Crippen molar-refractivity contribution in [2.45, 2.75) is 38.4 Å². The highest BCUT2D eigenvalue weighted by Crippen LogP contribution is 2.28. The standard InChI is InChI=1S/C15H22N2O4/c1-20-14-7-11(6-13(8-14)17(18)19)10-21-15-5-3-2-4-12(15)9-16/h6-8,12,15H,2-5,9-10,16H2,1H3. The van der Waals surface area contributed by atoms with Crippen LogP contribution in [0.1, 0.15) is 31.2 Å². The van der Waals surface area contributed by atoms with Crippen LogP contribution in [0.25, 0.3) is 0 Å². The summed E-state index contributed by atoms with van der Waals surface area (Å²) in [5.74, 6) is 0.862. The van der Waals surface area contributed by atoms with Gasteiger partial charge in [-0.15, -0.1) is 0 Å². The number of non-ortho nitro benzene ring substituents is 1. The third kappa shape index (κ3) is 4.15. The molecule has 0 aromatic heterocycles. The summed E-state index contributed by atoms with van der Waals surface area (Å²) >= 11 is 0. The Hall–Kier alpha value is -1.66. The van der Waals surface area contributed by atoms with E-state index in [4.69, 9.17) is 15.2 Å². The number of hydrogen-bond acceptors (Lipinski definition) is 5. The molecule has 1 aliphatic rings. The molecule has 0 spiro atoms. The summed E-state index contributed by atoms with van der Waals surface area (Å²) in [5, 5.41) is 10.9. The van der Waals surface area contributed by atoms with Crippen molar-refractivity contribution in [1.82, 2.24) is 0 Å². The highest BCUT2D eigenvalue weighted by Gasteiger charge is 2.24. The van der Waals surface area contributed by atoms with Crippen LogP contribution in [-0.4, -0.2) is 24.7 Å². The zero-order valence-electron chi connectivity index (χ0n) is 12.3. The molecule has 2 atom stereocenters. The van der Waals surface area contributed by atoms with Crippen molar-refractivity contribution in [3.05, 3.63) is 33.9 Å². The topological polar surface area (TPSA) is 87.6 Å². The third-order valence-electron chi connectivity index (χ3n) is 4.00. The molecular weight excluding hydrogens is 272 g/mol. The van der Waals surface area contributed by atoms with Gasteiger partial charge in [-0.2, -0.15) is 0 Å². The summed E-state index contributed by atoms with van der Waals surface area (Å²) in [6, 6.07) is 4.71. The zero-order chi connectivity index (χ0) is 15.2. The van der Waals surface area contributed by atoms with E-state index >= 15 is 0 Å². The number of nitro benzene ring substituents is 1. The van der Waals surface area contributed by atoms with E-state index in [0.717, 1.165) is 24.8 Å². The molecule has 2 rings (SSSR count). The van der Waals surface area contributed by atoms with Crippen LogP contribution in [0.3, 0.4) is 0 Å². The molecular formula is C15H22N2O4. The van der Waals surface area contributed by atoms with Crippen LogP contribution in [0.2, 0.25) is 0 Å². The van der Waals surface area contributed by atoms with Gasteiger partial charge in [0.1, 0.15) is 5.75 Å². The van der Waals surface area contributed by atoms with Gasteiger partial charge in [0.05, 0.1) is 30.8 Å². The highest BCUT2D eigenvalue weighted by molar-refractivity contribution is 5.42. The van der Waals surface area contributed by atoms with Gasteiger partial charge in [-0.1, -0.05) is 12.8 Å². The first-order valence-electron chi connectivity index (χ1n) is 7.28. The fourth-order valence-corrected chi connectivity index (χ4v) is 2.82. The lowest BCUT2D eigenvalue weighted by molar-refractivity contribution is -0.385. The summed E-state index contributed by atoms with van der Waals surface area (Å²) in [6.07, 6.45) is 4.60. The van der Waals surface area contributed by atoms with Gasteiger partial charge in [-0.3, -0.25) is 10.1 Å². The fraction of sp³-hybridized carbons (Fsp3) is 0.600. The average molecular weight is 294 g/mol. The number of benzene rings is 1. The van der Waals surface area contributed by atoms with Crippen LogP contribution in [0.5, 0.6) is 5.75 Å². The molecule has 0 saturated heterocycles. The molecule has 0 bridgehead atoms. The fourth-order valence-electron chi connectivity index (χ4n) is 2.82. The number of ether oxygens (including phenoxy) is 2. The van der Waals surface area contributed by atoms with E-state index in [1.165, 1.54) is 25.7 Å². The van der Waals surface area contributed by atoms with Gasteiger partial charge >= 0.3 is 0 Å². The monoisotopic (exact) mass is 294 g/mol. The van der Waals surface area contributed by atoms with Gasteiger partial charge in [-0.25, -0.2) is 0 Å². The molecule has 0 heterocycles. The molecule has 6 nitrogen and oxygen atoms in total. The highest BCUT2D eigenvalue weighted by atomic mass is 16.6. The minimum Gasteiger partial charge on any atom is -0.496 e. The third-order valence-corrected chi connectivity index (χ3v) is 4.00. The molecule has 2 unspecified atom stereocenters. The second kappa shape index (κ2) is 7.38. The van der Waals surface area contributed by atoms with E-state index in [1.807, 2.05) is 0 Å². The van der Waals surface area contributed by atoms with Crippen LogP contribution >= 0.6 is 0 Å². The van der Waals surface area contributed by atoms with Gasteiger partial charge in [0.2, 0.25) is 0 Å². The number of nitrogens with zero attached hydrogens (tertiary/aromatic N) is 1. The van der Waals surface area contributed by atoms with E-state index in [0.29, 0.717) is 24.8 Å². The Morgan fingerprint density at radius 3 is 2.76 bits per heavy atom. The lowest BCUT2D eigenvalue weighted by Crippen LogP contribution is -2.33. The average Bonchev–Trinajstić information content (AvgIpc) is 2.52. The Morgan fingerprint density at radius 2 is 2.10 bits per heavy atom. The van der Waals surface area contributed by atoms with Crippen molar-refractivity contribution in [3.8, 4) is 5.75 Å². The van der Waals surface area contributed by atoms with E-state index in [-0.39, 0.29) is 11.8 Å². The Morgan fingerprint density at radius 1 is 1.33 bits per heavy atom. The Bertz CT molecular complexity index is 493. The minimum atomic E-state index is -0.421. The van der Waals surface area contributed by atoms with Crippen molar-refractivity contribution < 1.29 is 14.4 Å². The lowest BCUT2D eigenvalue weighted by atomic mass is 9.86. The lowest BCUT2D eigenvalue weighted by Gasteiger charge is -2.30. The SMILES string of the molecule is COc1cc(COC2CCCCC2CN)cc([N+](=O)[O-])c1. The van der Waals surface area contributed by atoms with Crippen molar-refractivity contribution in [3.63, 3.8) is 0 Å². The van der Waals surface area contributed by atoms with Crippen molar-refractivity contribution in [2.24, 2.45) is 11.7 Å². The van der Waals surface area contributed by atoms with E-state index in [1.54, 1.807) is 6.07 Å². The molecule has 116 valence electrons. The van der Waals surface area contributed by atoms with Gasteiger partial charge in [0, 0.05) is 6.07 Å². The number of nitro groups is 1. The molecule has 6 heteroatoms. The van der Waals surface area contributed by atoms with Crippen molar-refractivity contribution in [1.29, 1.82) is 0 Å². The Labute approximate surface area is 124 Å². The molecule has 1 saturated carbocycles. The largest absolute Gasteiger partial charge is 0.496 e. The second-order valence-electron chi connectivity index (χ2n) is 5.43. The van der Waals surface area contributed by atoms with Gasteiger partial charge in [-0.05, 0) is 36.9 Å². The van der Waals surface area contributed by atoms with Gasteiger partial charge in [0.25, 0.3) is 5.69 Å². The van der Waals surface area contributed by atoms with Crippen molar-refractivity contribution in [2.75, 3.05) is 13.7 Å². The van der Waals surface area contributed by atoms with Crippen LogP contribution in [0, 0.1) is 16.0 Å². The minimum absolute atomic E-state index is 0.0203. The molecule has 0 amide bonds. The predicted molar refractivity (Wildman–Crippen MR) is 79.2 cm³/mol. The number of hydrogen-bond donors (Lipinski definition) is 1. The predicted octanol–water partition coefficient (Wildman–Crippen LogP) is 2.64. The normalized spacial score (nSPS) is 22.0. The molecule has 0 radical (unpaired) electrons. The van der Waals surface area contributed by atoms with Crippen LogP contribution in [0.15, 0.2) is 18.2 Å². The molecule has 1 aliphatic carbocycles. The Balaban J connectivity index is 2.04. The summed E-state index contributed by atoms with van der Waals surface area (Å²) in [7, 11) is 1.50. The van der Waals surface area contributed by atoms with Crippen LogP contribution in [0.4, 0.5) is 5.69 Å². The smallest absolute Gasteiger partial charge is 0.273 e. The molecule has 1 fully saturated rings. The first kappa shape index (κ1) is 15.7. The number of rotatable bonds is 6. The molecule has 2 N–H and O–H groups in total. The van der Waals surface area contributed by atoms with Gasteiger partial charge in [0.15, 0.2) is 0 Å². The molecule has 0 aliphatic heterocycles. The summed E-state index contributed by atoms with van der Waals surface area (Å²) < 4.78 is 11.0. The summed E-state index contributed by atoms with van der Waals surface area (Å²) in [5.41, 5.74) is 6.56. The second-order valence-corrected chi connectivity index (χ2v) is 5.43. The molecule has 21 heavy (non-hydrogen) atoms. The zero-order valence-corrected chi connectivity index (χ0v) is 12.3. The van der Waals surface area contributed by atoms with E-state index < -0.39 is 4.92 Å². The van der Waals surface area contributed by atoms with Gasteiger partial charge < -0.3 is 15.2 Å². The first-order valence-corrected chi connectivity index (χ1v) is 7.28. The quantitative estimate of drug-likeness (QED) is 0.643. The first-order chi connectivity index (χ1) is 10.1. The van der Waals surface area contributed by atoms with Crippen LogP contribution < -0.4 is 10.5 Å². The number of nitrogens with two attached hydrogens (primary N) is 1.